The average molecular weight is 507 g/mol. The summed E-state index contributed by atoms with van der Waals surface area (Å²) in [5.41, 5.74) is 3.26. The van der Waals surface area contributed by atoms with Gasteiger partial charge < -0.3 is 29.9 Å². The van der Waals surface area contributed by atoms with Crippen LogP contribution in [0.3, 0.4) is 0 Å². The molecule has 37 heavy (non-hydrogen) atoms. The van der Waals surface area contributed by atoms with E-state index in [1.165, 1.54) is 0 Å². The number of urea groups is 1. The van der Waals surface area contributed by atoms with Crippen LogP contribution in [-0.4, -0.2) is 72.5 Å². The Hall–Kier alpha value is -3.84. The highest BCUT2D eigenvalue weighted by atomic mass is 16.6. The summed E-state index contributed by atoms with van der Waals surface area (Å²) in [5, 5.41) is 5.51. The number of nitrogens with zero attached hydrogens (tertiary/aromatic N) is 4. The first-order valence-electron chi connectivity index (χ1n) is 12.7. The zero-order valence-electron chi connectivity index (χ0n) is 21.6. The third-order valence-electron chi connectivity index (χ3n) is 6.17. The van der Waals surface area contributed by atoms with Gasteiger partial charge in [0.2, 0.25) is 0 Å². The van der Waals surface area contributed by atoms with Crippen molar-refractivity contribution in [1.82, 2.24) is 20.2 Å². The number of anilines is 2. The highest BCUT2D eigenvalue weighted by Gasteiger charge is 2.32. The molecule has 1 fully saturated rings. The molecule has 2 aliphatic rings. The Morgan fingerprint density at radius 3 is 2.73 bits per heavy atom. The van der Waals surface area contributed by atoms with Crippen molar-refractivity contribution in [2.45, 2.75) is 39.8 Å². The maximum atomic E-state index is 12.7. The first-order valence-corrected chi connectivity index (χ1v) is 12.7. The van der Waals surface area contributed by atoms with Crippen LogP contribution in [-0.2, 0) is 22.4 Å². The Balaban J connectivity index is 1.66. The van der Waals surface area contributed by atoms with Gasteiger partial charge in [0.15, 0.2) is 5.82 Å². The third-order valence-corrected chi connectivity index (χ3v) is 6.17. The van der Waals surface area contributed by atoms with E-state index in [2.05, 4.69) is 21.5 Å². The lowest BCUT2D eigenvalue weighted by atomic mass is 10.0. The monoisotopic (exact) mass is 506 g/mol. The van der Waals surface area contributed by atoms with E-state index in [0.717, 1.165) is 22.6 Å². The number of hydrogen-bond acceptors (Lipinski definition) is 7. The van der Waals surface area contributed by atoms with Crippen molar-refractivity contribution in [3.8, 4) is 23.7 Å². The molecular weight excluding hydrogens is 472 g/mol. The van der Waals surface area contributed by atoms with Gasteiger partial charge >= 0.3 is 12.1 Å². The van der Waals surface area contributed by atoms with E-state index in [4.69, 9.17) is 25.9 Å². The van der Waals surface area contributed by atoms with Gasteiger partial charge in [0.05, 0.1) is 32.1 Å². The molecule has 0 spiro atoms. The van der Waals surface area contributed by atoms with Gasteiger partial charge in [-0.2, -0.15) is 0 Å². The normalized spacial score (nSPS) is 17.1. The van der Waals surface area contributed by atoms with Crippen LogP contribution in [0.2, 0.25) is 0 Å². The zero-order chi connectivity index (χ0) is 26.4. The van der Waals surface area contributed by atoms with Gasteiger partial charge in [0.25, 0.3) is 0 Å². The summed E-state index contributed by atoms with van der Waals surface area (Å²) in [6.45, 7) is 9.19. The number of carbonyl (C=O) groups is 2. The molecule has 1 saturated heterocycles. The molecule has 1 atom stereocenters. The molecule has 0 bridgehead atoms. The molecule has 0 saturated carbocycles. The lowest BCUT2D eigenvalue weighted by Gasteiger charge is -2.37. The minimum atomic E-state index is -0.333. The van der Waals surface area contributed by atoms with Crippen LogP contribution in [0.25, 0.3) is 11.4 Å². The number of hydrogen-bond donors (Lipinski definition) is 2. The fourth-order valence-electron chi connectivity index (χ4n) is 4.28. The maximum Gasteiger partial charge on any atom is 0.410 e. The van der Waals surface area contributed by atoms with Crippen LogP contribution in [0.5, 0.6) is 0 Å². The smallest absolute Gasteiger partial charge is 0.410 e. The van der Waals surface area contributed by atoms with E-state index < -0.39 is 0 Å². The molecular formula is C27H34N6O4. The highest BCUT2D eigenvalue weighted by Crippen LogP contribution is 2.32. The quantitative estimate of drug-likeness (QED) is 0.579. The van der Waals surface area contributed by atoms with Crippen LogP contribution in [0, 0.1) is 18.3 Å². The van der Waals surface area contributed by atoms with Crippen molar-refractivity contribution < 1.29 is 19.1 Å². The maximum absolute atomic E-state index is 12.7. The first-order chi connectivity index (χ1) is 17.9. The molecule has 0 aliphatic carbocycles. The molecule has 10 nitrogen and oxygen atoms in total. The Kier molecular flexibility index (Phi) is 8.46. The number of terminal acetylenes is 1. The van der Waals surface area contributed by atoms with Crippen molar-refractivity contribution in [2.75, 3.05) is 49.7 Å². The SMILES string of the molecule is C#C[C@H]1COCCN1c1nc(-c2ccc(NC(=O)NCC)cc2)nc2c1CN(C(=O)OCC(C)C)CC2. The molecule has 4 rings (SSSR count). The van der Waals surface area contributed by atoms with Crippen molar-refractivity contribution in [2.24, 2.45) is 5.92 Å². The summed E-state index contributed by atoms with van der Waals surface area (Å²) in [7, 11) is 0. The van der Waals surface area contributed by atoms with Gasteiger partial charge in [-0.3, -0.25) is 0 Å². The second kappa shape index (κ2) is 11.9. The van der Waals surface area contributed by atoms with Gasteiger partial charge in [0.1, 0.15) is 11.9 Å². The van der Waals surface area contributed by atoms with Crippen molar-refractivity contribution in [3.63, 3.8) is 0 Å². The standard InChI is InChI=1S/C27H34N6O4/c1-5-21-17-36-14-13-33(21)25-22-15-32(27(35)37-16-18(3)4)12-11-23(22)30-24(31-25)19-7-9-20(10-8-19)29-26(34)28-6-2/h1,7-10,18,21H,6,11-17H2,2-4H3,(H2,28,29,34)/t21-/m0/s1. The van der Waals surface area contributed by atoms with E-state index in [1.54, 1.807) is 4.90 Å². The van der Waals surface area contributed by atoms with Crippen molar-refractivity contribution in [3.05, 3.63) is 35.5 Å². The number of nitrogens with one attached hydrogen (secondary N) is 2. The lowest BCUT2D eigenvalue weighted by Crippen LogP contribution is -2.47. The third kappa shape index (κ3) is 6.30. The predicted octanol–water partition coefficient (Wildman–Crippen LogP) is 3.27. The lowest BCUT2D eigenvalue weighted by molar-refractivity contribution is 0.0873. The molecule has 1 aromatic carbocycles. The largest absolute Gasteiger partial charge is 0.449 e. The predicted molar refractivity (Wildman–Crippen MR) is 141 cm³/mol. The molecule has 196 valence electrons. The fourth-order valence-corrected chi connectivity index (χ4v) is 4.28. The number of amides is 3. The number of rotatable bonds is 6. The summed E-state index contributed by atoms with van der Waals surface area (Å²) in [4.78, 5) is 38.2. The number of carbonyl (C=O) groups excluding carboxylic acids is 2. The summed E-state index contributed by atoms with van der Waals surface area (Å²) < 4.78 is 11.1. The molecule has 0 radical (unpaired) electrons. The molecule has 2 aliphatic heterocycles. The van der Waals surface area contributed by atoms with E-state index in [1.807, 2.05) is 45.0 Å². The van der Waals surface area contributed by atoms with Crippen LogP contribution in [0.4, 0.5) is 21.1 Å². The van der Waals surface area contributed by atoms with Gasteiger partial charge in [-0.1, -0.05) is 19.8 Å². The number of benzene rings is 1. The van der Waals surface area contributed by atoms with Gasteiger partial charge in [0, 0.05) is 42.9 Å². The Morgan fingerprint density at radius 2 is 2.03 bits per heavy atom. The molecule has 2 N–H and O–H groups in total. The van der Waals surface area contributed by atoms with E-state index in [0.29, 0.717) is 63.9 Å². The number of ether oxygens (including phenoxy) is 2. The van der Waals surface area contributed by atoms with E-state index in [-0.39, 0.29) is 24.1 Å². The van der Waals surface area contributed by atoms with Gasteiger partial charge in [-0.15, -0.1) is 6.42 Å². The topological polar surface area (TPSA) is 109 Å². The van der Waals surface area contributed by atoms with Crippen molar-refractivity contribution >= 4 is 23.6 Å². The van der Waals surface area contributed by atoms with Crippen LogP contribution in [0.1, 0.15) is 32.0 Å². The van der Waals surface area contributed by atoms with Crippen molar-refractivity contribution in [1.29, 1.82) is 0 Å². The van der Waals surface area contributed by atoms with Gasteiger partial charge in [-0.25, -0.2) is 19.6 Å². The number of aromatic nitrogens is 2. The summed E-state index contributed by atoms with van der Waals surface area (Å²) in [5.74, 6) is 4.36. The van der Waals surface area contributed by atoms with E-state index in [9.17, 15) is 9.59 Å². The zero-order valence-corrected chi connectivity index (χ0v) is 21.6. The molecule has 1 aromatic heterocycles. The number of morpholine rings is 1. The molecule has 0 unspecified atom stereocenters. The molecule has 2 aromatic rings. The minimum Gasteiger partial charge on any atom is -0.449 e. The molecule has 3 amide bonds. The average Bonchev–Trinajstić information content (AvgIpc) is 2.91. The van der Waals surface area contributed by atoms with Crippen LogP contribution >= 0.6 is 0 Å². The van der Waals surface area contributed by atoms with E-state index >= 15 is 0 Å². The minimum absolute atomic E-state index is 0.258. The van der Waals surface area contributed by atoms with Crippen LogP contribution in [0.15, 0.2) is 24.3 Å². The Bertz CT molecular complexity index is 1160. The highest BCUT2D eigenvalue weighted by molar-refractivity contribution is 5.89. The Labute approximate surface area is 217 Å². The second-order valence-electron chi connectivity index (χ2n) is 9.45. The summed E-state index contributed by atoms with van der Waals surface area (Å²) in [6.07, 6.45) is 6.08. The first kappa shape index (κ1) is 26.2. The molecule has 3 heterocycles. The number of fused-ring (bicyclic) bond motifs is 1. The fraction of sp³-hybridized carbons (Fsp3) is 0.481. The summed E-state index contributed by atoms with van der Waals surface area (Å²) in [6, 6.07) is 6.86. The second-order valence-corrected chi connectivity index (χ2v) is 9.45. The molecule has 10 heteroatoms. The Morgan fingerprint density at radius 1 is 1.24 bits per heavy atom. The van der Waals surface area contributed by atoms with Crippen LogP contribution < -0.4 is 15.5 Å². The summed E-state index contributed by atoms with van der Waals surface area (Å²) >= 11 is 0. The van der Waals surface area contributed by atoms with Gasteiger partial charge in [-0.05, 0) is 37.1 Å².